The van der Waals surface area contributed by atoms with Crippen LogP contribution in [0.3, 0.4) is 0 Å². The van der Waals surface area contributed by atoms with E-state index in [1.54, 1.807) is 0 Å². The van der Waals surface area contributed by atoms with E-state index in [1.165, 1.54) is 13.5 Å². The Hall–Kier alpha value is -0.280. The molecule has 0 rings (SSSR count). The minimum atomic E-state index is -0.570. The molecule has 3 nitrogen and oxygen atoms in total. The molecule has 0 saturated carbocycles. The maximum atomic E-state index is 10.9. The third kappa shape index (κ3) is 7.15. The molecule has 0 heterocycles. The molecule has 0 aromatic heterocycles. The largest absolute Gasteiger partial charge is 0.468 e. The number of carbonyl (C=O) groups excluding carboxylic acids is 1. The lowest BCUT2D eigenvalue weighted by Gasteiger charge is -2.09. The van der Waals surface area contributed by atoms with Crippen LogP contribution in [0.15, 0.2) is 0 Å². The van der Waals surface area contributed by atoms with Crippen molar-refractivity contribution in [3.63, 3.8) is 0 Å². The van der Waals surface area contributed by atoms with Crippen molar-refractivity contribution >= 4 is 17.6 Å². The highest BCUT2D eigenvalue weighted by Crippen LogP contribution is 2.02. The molecule has 1 N–H and O–H groups in total. The van der Waals surface area contributed by atoms with Crippen LogP contribution >= 0.6 is 11.6 Å². The third-order valence-electron chi connectivity index (χ3n) is 1.92. The van der Waals surface area contributed by atoms with Crippen LogP contribution in [0.5, 0.6) is 0 Å². The number of hydrogen-bond acceptors (Lipinski definition) is 3. The summed E-state index contributed by atoms with van der Waals surface area (Å²) in [6, 6.07) is 0. The monoisotopic (exact) mass is 221 g/mol. The highest BCUT2D eigenvalue weighted by molar-refractivity contribution is 6.30. The average Bonchev–Trinajstić information content (AvgIpc) is 2.15. The van der Waals surface area contributed by atoms with Crippen LogP contribution in [0.25, 0.3) is 0 Å². The van der Waals surface area contributed by atoms with Gasteiger partial charge in [0.2, 0.25) is 0 Å². The minimum Gasteiger partial charge on any atom is -0.468 e. The van der Waals surface area contributed by atoms with E-state index >= 15 is 0 Å². The van der Waals surface area contributed by atoms with E-state index in [0.717, 1.165) is 18.9 Å². The van der Waals surface area contributed by atoms with E-state index in [1.807, 2.05) is 0 Å². The van der Waals surface area contributed by atoms with Crippen LogP contribution < -0.4 is 5.32 Å². The SMILES string of the molecule is COC(=O)C(Cl)CNCCCC(C)C. The lowest BCUT2D eigenvalue weighted by Crippen LogP contribution is -2.30. The summed E-state index contributed by atoms with van der Waals surface area (Å²) >= 11 is 5.74. The summed E-state index contributed by atoms with van der Waals surface area (Å²) in [6.07, 6.45) is 2.31. The first-order valence-electron chi connectivity index (χ1n) is 5.00. The number of carbonyl (C=O) groups is 1. The van der Waals surface area contributed by atoms with Crippen LogP contribution in [-0.2, 0) is 9.53 Å². The molecule has 4 heteroatoms. The number of rotatable bonds is 7. The van der Waals surface area contributed by atoms with Gasteiger partial charge in [0.1, 0.15) is 5.38 Å². The van der Waals surface area contributed by atoms with Gasteiger partial charge in [-0.1, -0.05) is 13.8 Å². The molecule has 1 unspecified atom stereocenters. The molecular formula is C10H20ClNO2. The fourth-order valence-electron chi connectivity index (χ4n) is 1.08. The quantitative estimate of drug-likeness (QED) is 0.405. The first-order chi connectivity index (χ1) is 6.57. The number of nitrogens with one attached hydrogen (secondary N) is 1. The van der Waals surface area contributed by atoms with Crippen molar-refractivity contribution in [2.75, 3.05) is 20.2 Å². The Morgan fingerprint density at radius 1 is 1.50 bits per heavy atom. The van der Waals surface area contributed by atoms with Crippen LogP contribution in [-0.4, -0.2) is 31.5 Å². The normalized spacial score (nSPS) is 12.9. The Bertz CT molecular complexity index is 162. The summed E-state index contributed by atoms with van der Waals surface area (Å²) in [5.41, 5.74) is 0. The number of halogens is 1. The lowest BCUT2D eigenvalue weighted by atomic mass is 10.1. The van der Waals surface area contributed by atoms with Crippen LogP contribution in [0, 0.1) is 5.92 Å². The standard InChI is InChI=1S/C10H20ClNO2/c1-8(2)5-4-6-12-7-9(11)10(13)14-3/h8-9,12H,4-7H2,1-3H3. The van der Waals surface area contributed by atoms with Gasteiger partial charge in [0.05, 0.1) is 7.11 Å². The van der Waals surface area contributed by atoms with Gasteiger partial charge in [-0.15, -0.1) is 11.6 Å². The molecule has 14 heavy (non-hydrogen) atoms. The first kappa shape index (κ1) is 13.7. The average molecular weight is 222 g/mol. The zero-order chi connectivity index (χ0) is 11.0. The molecule has 0 fully saturated rings. The molecule has 0 saturated heterocycles. The summed E-state index contributed by atoms with van der Waals surface area (Å²) < 4.78 is 4.50. The maximum Gasteiger partial charge on any atom is 0.325 e. The van der Waals surface area contributed by atoms with E-state index in [-0.39, 0.29) is 5.97 Å². The van der Waals surface area contributed by atoms with Gasteiger partial charge in [-0.3, -0.25) is 4.79 Å². The molecule has 0 spiro atoms. The van der Waals surface area contributed by atoms with Crippen molar-refractivity contribution in [3.05, 3.63) is 0 Å². The van der Waals surface area contributed by atoms with E-state index in [2.05, 4.69) is 23.9 Å². The van der Waals surface area contributed by atoms with Crippen molar-refractivity contribution in [2.45, 2.75) is 32.1 Å². The summed E-state index contributed by atoms with van der Waals surface area (Å²) in [4.78, 5) is 10.9. The predicted molar refractivity (Wildman–Crippen MR) is 58.6 cm³/mol. The van der Waals surface area contributed by atoms with Crippen molar-refractivity contribution in [2.24, 2.45) is 5.92 Å². The third-order valence-corrected chi connectivity index (χ3v) is 2.25. The topological polar surface area (TPSA) is 38.3 Å². The van der Waals surface area contributed by atoms with Crippen LogP contribution in [0.1, 0.15) is 26.7 Å². The van der Waals surface area contributed by atoms with Gasteiger partial charge in [0.15, 0.2) is 0 Å². The van der Waals surface area contributed by atoms with Crippen LogP contribution in [0.4, 0.5) is 0 Å². The number of alkyl halides is 1. The van der Waals surface area contributed by atoms with Gasteiger partial charge in [0, 0.05) is 6.54 Å². The molecule has 1 atom stereocenters. The Morgan fingerprint density at radius 2 is 2.14 bits per heavy atom. The molecule has 0 aromatic carbocycles. The van der Waals surface area contributed by atoms with Crippen LogP contribution in [0.2, 0.25) is 0 Å². The summed E-state index contributed by atoms with van der Waals surface area (Å²) in [5, 5.41) is 2.55. The second-order valence-corrected chi connectivity index (χ2v) is 4.26. The van der Waals surface area contributed by atoms with E-state index in [0.29, 0.717) is 6.54 Å². The molecule has 0 amide bonds. The Balaban J connectivity index is 3.31. The number of methoxy groups -OCH3 is 1. The Kier molecular flexibility index (Phi) is 7.90. The van der Waals surface area contributed by atoms with Gasteiger partial charge in [-0.2, -0.15) is 0 Å². The number of esters is 1. The highest BCUT2D eigenvalue weighted by Gasteiger charge is 2.14. The molecule has 84 valence electrons. The van der Waals surface area contributed by atoms with Gasteiger partial charge in [0.25, 0.3) is 0 Å². The second kappa shape index (κ2) is 8.06. The van der Waals surface area contributed by atoms with E-state index in [9.17, 15) is 4.79 Å². The minimum absolute atomic E-state index is 0.372. The van der Waals surface area contributed by atoms with Gasteiger partial charge in [-0.05, 0) is 25.3 Å². The molecule has 0 aromatic rings. The predicted octanol–water partition coefficient (Wildman–Crippen LogP) is 1.79. The lowest BCUT2D eigenvalue weighted by molar-refractivity contribution is -0.140. The van der Waals surface area contributed by atoms with Gasteiger partial charge in [-0.25, -0.2) is 0 Å². The Labute approximate surface area is 91.2 Å². The van der Waals surface area contributed by atoms with Crippen molar-refractivity contribution < 1.29 is 9.53 Å². The molecule has 0 aliphatic heterocycles. The van der Waals surface area contributed by atoms with E-state index in [4.69, 9.17) is 11.6 Å². The number of hydrogen-bond donors (Lipinski definition) is 1. The fourth-order valence-corrected chi connectivity index (χ4v) is 1.27. The summed E-state index contributed by atoms with van der Waals surface area (Å²) in [7, 11) is 1.34. The number of ether oxygens (including phenoxy) is 1. The molecule has 0 aliphatic carbocycles. The smallest absolute Gasteiger partial charge is 0.325 e. The van der Waals surface area contributed by atoms with Crippen molar-refractivity contribution in [1.82, 2.24) is 5.32 Å². The Morgan fingerprint density at radius 3 is 2.64 bits per heavy atom. The molecule has 0 radical (unpaired) electrons. The molecule has 0 aliphatic rings. The first-order valence-corrected chi connectivity index (χ1v) is 5.44. The molecular weight excluding hydrogens is 202 g/mol. The maximum absolute atomic E-state index is 10.9. The zero-order valence-electron chi connectivity index (χ0n) is 9.18. The van der Waals surface area contributed by atoms with E-state index < -0.39 is 5.38 Å². The summed E-state index contributed by atoms with van der Waals surface area (Å²) in [5.74, 6) is 0.354. The van der Waals surface area contributed by atoms with Gasteiger partial charge < -0.3 is 10.1 Å². The van der Waals surface area contributed by atoms with Crippen molar-refractivity contribution in [3.8, 4) is 0 Å². The molecule has 0 bridgehead atoms. The fraction of sp³-hybridized carbons (Fsp3) is 0.900. The highest BCUT2D eigenvalue weighted by atomic mass is 35.5. The van der Waals surface area contributed by atoms with Gasteiger partial charge >= 0.3 is 5.97 Å². The van der Waals surface area contributed by atoms with Crippen molar-refractivity contribution in [1.29, 1.82) is 0 Å². The summed E-state index contributed by atoms with van der Waals surface area (Å²) in [6.45, 7) is 5.77. The zero-order valence-corrected chi connectivity index (χ0v) is 9.93. The second-order valence-electron chi connectivity index (χ2n) is 3.73.